The van der Waals surface area contributed by atoms with Gasteiger partial charge in [-0.15, -0.1) is 0 Å². The molecule has 1 saturated heterocycles. The number of likely N-dealkylation sites (N-methyl/N-ethyl adjacent to an activating group) is 1. The van der Waals surface area contributed by atoms with Gasteiger partial charge in [-0.1, -0.05) is 0 Å². The fraction of sp³-hybridized carbons (Fsp3) is 1.00. The summed E-state index contributed by atoms with van der Waals surface area (Å²) in [7, 11) is 2.23. The largest absolute Gasteiger partial charge is 0.325 e. The molecule has 0 spiro atoms. The quantitative estimate of drug-likeness (QED) is 0.785. The van der Waals surface area contributed by atoms with Crippen LogP contribution in [0.5, 0.6) is 0 Å². The predicted molar refractivity (Wildman–Crippen MR) is 68.5 cm³/mol. The lowest BCUT2D eigenvalue weighted by molar-refractivity contribution is 0.152. The Morgan fingerprint density at radius 3 is 2.62 bits per heavy atom. The van der Waals surface area contributed by atoms with Crippen molar-refractivity contribution >= 4 is 0 Å². The van der Waals surface area contributed by atoms with Crippen LogP contribution in [0.3, 0.4) is 0 Å². The van der Waals surface area contributed by atoms with Crippen LogP contribution in [0.25, 0.3) is 0 Å². The molecule has 1 saturated carbocycles. The molecule has 94 valence electrons. The maximum atomic E-state index is 6.29. The second-order valence-corrected chi connectivity index (χ2v) is 5.97. The summed E-state index contributed by atoms with van der Waals surface area (Å²) in [6.07, 6.45) is 6.33. The highest BCUT2D eigenvalue weighted by Gasteiger charge is 2.33. The number of nitrogens with zero attached hydrogens (tertiary/aromatic N) is 2. The third-order valence-electron chi connectivity index (χ3n) is 4.43. The van der Waals surface area contributed by atoms with Crippen molar-refractivity contribution in [2.45, 2.75) is 50.6 Å². The van der Waals surface area contributed by atoms with Gasteiger partial charge in [0.25, 0.3) is 0 Å². The molecule has 0 bridgehead atoms. The van der Waals surface area contributed by atoms with Crippen LogP contribution in [-0.4, -0.2) is 54.6 Å². The zero-order valence-electron chi connectivity index (χ0n) is 10.9. The Hall–Kier alpha value is -0.120. The lowest BCUT2D eigenvalue weighted by Crippen LogP contribution is -2.50. The van der Waals surface area contributed by atoms with E-state index < -0.39 is 0 Å². The maximum absolute atomic E-state index is 6.29. The molecule has 2 rings (SSSR count). The van der Waals surface area contributed by atoms with Crippen molar-refractivity contribution in [2.24, 2.45) is 5.73 Å². The van der Waals surface area contributed by atoms with Crippen LogP contribution < -0.4 is 5.73 Å². The Morgan fingerprint density at radius 1 is 1.25 bits per heavy atom. The fourth-order valence-electron chi connectivity index (χ4n) is 3.00. The number of hydrogen-bond donors (Lipinski definition) is 1. The molecule has 2 aliphatic rings. The van der Waals surface area contributed by atoms with E-state index in [0.29, 0.717) is 6.04 Å². The Bertz CT molecular complexity index is 225. The average Bonchev–Trinajstić information content (AvgIpc) is 2.34. The average molecular weight is 225 g/mol. The van der Waals surface area contributed by atoms with E-state index in [2.05, 4.69) is 23.8 Å². The minimum atomic E-state index is 0.192. The molecule has 3 nitrogen and oxygen atoms in total. The summed E-state index contributed by atoms with van der Waals surface area (Å²) >= 11 is 0. The first kappa shape index (κ1) is 12.3. The molecule has 0 aromatic rings. The van der Waals surface area contributed by atoms with Gasteiger partial charge in [-0.05, 0) is 59.2 Å². The molecule has 2 fully saturated rings. The standard InChI is InChI=1S/C13H27N3/c1-12-11-15(2)8-4-9-16(12)10-7-13(14)5-3-6-13/h12H,3-11,14H2,1-2H3. The SMILES string of the molecule is CC1CN(C)CCCN1CCC1(N)CCC1. The van der Waals surface area contributed by atoms with Crippen LogP contribution in [-0.2, 0) is 0 Å². The zero-order chi connectivity index (χ0) is 11.6. The minimum Gasteiger partial charge on any atom is -0.325 e. The van der Waals surface area contributed by atoms with E-state index in [4.69, 9.17) is 5.73 Å². The Morgan fingerprint density at radius 2 is 2.00 bits per heavy atom. The monoisotopic (exact) mass is 225 g/mol. The zero-order valence-corrected chi connectivity index (χ0v) is 10.9. The summed E-state index contributed by atoms with van der Waals surface area (Å²) in [5.74, 6) is 0. The number of nitrogens with two attached hydrogens (primary N) is 1. The summed E-state index contributed by atoms with van der Waals surface area (Å²) in [4.78, 5) is 5.09. The minimum absolute atomic E-state index is 0.192. The summed E-state index contributed by atoms with van der Waals surface area (Å²) in [6.45, 7) is 7.26. The molecule has 1 heterocycles. The van der Waals surface area contributed by atoms with Crippen molar-refractivity contribution in [1.82, 2.24) is 9.80 Å². The van der Waals surface area contributed by atoms with Gasteiger partial charge in [0.1, 0.15) is 0 Å². The van der Waals surface area contributed by atoms with E-state index in [1.165, 1.54) is 58.3 Å². The van der Waals surface area contributed by atoms with Crippen LogP contribution in [0.1, 0.15) is 39.0 Å². The summed E-state index contributed by atoms with van der Waals surface area (Å²) in [6, 6.07) is 0.691. The van der Waals surface area contributed by atoms with Crippen LogP contribution in [0, 0.1) is 0 Å². The van der Waals surface area contributed by atoms with Gasteiger partial charge < -0.3 is 10.6 Å². The molecule has 0 amide bonds. The van der Waals surface area contributed by atoms with Gasteiger partial charge in [0.2, 0.25) is 0 Å². The Balaban J connectivity index is 1.79. The van der Waals surface area contributed by atoms with Crippen LogP contribution >= 0.6 is 0 Å². The van der Waals surface area contributed by atoms with Crippen LogP contribution in [0.4, 0.5) is 0 Å². The van der Waals surface area contributed by atoms with E-state index in [0.717, 1.165) is 0 Å². The van der Waals surface area contributed by atoms with Gasteiger partial charge in [-0.25, -0.2) is 0 Å². The van der Waals surface area contributed by atoms with Crippen molar-refractivity contribution in [3.63, 3.8) is 0 Å². The highest BCUT2D eigenvalue weighted by atomic mass is 15.2. The Kier molecular flexibility index (Phi) is 3.88. The molecule has 0 aromatic heterocycles. The van der Waals surface area contributed by atoms with Gasteiger partial charge in [-0.3, -0.25) is 4.90 Å². The summed E-state index contributed by atoms with van der Waals surface area (Å²) < 4.78 is 0. The lowest BCUT2D eigenvalue weighted by atomic mass is 9.75. The third-order valence-corrected chi connectivity index (χ3v) is 4.43. The summed E-state index contributed by atoms with van der Waals surface area (Å²) in [5, 5.41) is 0. The highest BCUT2D eigenvalue weighted by molar-refractivity contribution is 4.93. The van der Waals surface area contributed by atoms with Gasteiger partial charge >= 0.3 is 0 Å². The molecular formula is C13H27N3. The fourth-order valence-corrected chi connectivity index (χ4v) is 3.00. The van der Waals surface area contributed by atoms with Crippen molar-refractivity contribution in [3.05, 3.63) is 0 Å². The lowest BCUT2D eigenvalue weighted by Gasteiger charge is -2.40. The van der Waals surface area contributed by atoms with Crippen LogP contribution in [0.15, 0.2) is 0 Å². The first-order valence-electron chi connectivity index (χ1n) is 6.81. The number of rotatable bonds is 3. The smallest absolute Gasteiger partial charge is 0.0194 e. The second-order valence-electron chi connectivity index (χ2n) is 5.97. The van der Waals surface area contributed by atoms with Gasteiger partial charge in [-0.2, -0.15) is 0 Å². The van der Waals surface area contributed by atoms with Crippen LogP contribution in [0.2, 0.25) is 0 Å². The molecular weight excluding hydrogens is 198 g/mol. The third kappa shape index (κ3) is 2.96. The highest BCUT2D eigenvalue weighted by Crippen LogP contribution is 2.32. The molecule has 3 heteroatoms. The van der Waals surface area contributed by atoms with Gasteiger partial charge in [0.05, 0.1) is 0 Å². The summed E-state index contributed by atoms with van der Waals surface area (Å²) in [5.41, 5.74) is 6.49. The van der Waals surface area contributed by atoms with E-state index in [1.54, 1.807) is 0 Å². The molecule has 0 aromatic carbocycles. The predicted octanol–water partition coefficient (Wildman–Crippen LogP) is 1.28. The van der Waals surface area contributed by atoms with Gasteiger partial charge in [0.15, 0.2) is 0 Å². The first-order valence-corrected chi connectivity index (χ1v) is 6.81. The first-order chi connectivity index (χ1) is 7.59. The molecule has 1 atom stereocenters. The molecule has 1 unspecified atom stereocenters. The van der Waals surface area contributed by atoms with Crippen molar-refractivity contribution in [3.8, 4) is 0 Å². The normalized spacial score (nSPS) is 32.1. The molecule has 16 heavy (non-hydrogen) atoms. The molecule has 2 N–H and O–H groups in total. The van der Waals surface area contributed by atoms with Crippen molar-refractivity contribution in [2.75, 3.05) is 33.2 Å². The number of hydrogen-bond acceptors (Lipinski definition) is 3. The second kappa shape index (κ2) is 5.03. The molecule has 0 radical (unpaired) electrons. The van der Waals surface area contributed by atoms with E-state index in [-0.39, 0.29) is 5.54 Å². The Labute approximate surface area is 100.0 Å². The van der Waals surface area contributed by atoms with Gasteiger partial charge in [0, 0.05) is 24.7 Å². The van der Waals surface area contributed by atoms with E-state index in [9.17, 15) is 0 Å². The van der Waals surface area contributed by atoms with E-state index >= 15 is 0 Å². The molecule has 1 aliphatic heterocycles. The van der Waals surface area contributed by atoms with E-state index in [1.807, 2.05) is 0 Å². The van der Waals surface area contributed by atoms with Crippen molar-refractivity contribution in [1.29, 1.82) is 0 Å². The molecule has 1 aliphatic carbocycles. The van der Waals surface area contributed by atoms with Crippen molar-refractivity contribution < 1.29 is 0 Å². The topological polar surface area (TPSA) is 32.5 Å². The maximum Gasteiger partial charge on any atom is 0.0194 e.